The largest absolute Gasteiger partial charge is 0.502 e. The van der Waals surface area contributed by atoms with Crippen molar-refractivity contribution < 1.29 is 19.0 Å². The normalized spacial score (nSPS) is 19.8. The van der Waals surface area contributed by atoms with E-state index < -0.39 is 23.1 Å². The van der Waals surface area contributed by atoms with Crippen molar-refractivity contribution in [3.05, 3.63) is 99.2 Å². The van der Waals surface area contributed by atoms with Gasteiger partial charge < -0.3 is 14.7 Å². The molecular formula is C26H22FN3O4S. The van der Waals surface area contributed by atoms with Crippen LogP contribution in [0.2, 0.25) is 0 Å². The lowest BCUT2D eigenvalue weighted by atomic mass is 9.93. The molecule has 9 heteroatoms. The number of rotatable bonds is 0. The number of benzene rings is 2. The van der Waals surface area contributed by atoms with Gasteiger partial charge in [-0.15, -0.1) is 11.8 Å². The van der Waals surface area contributed by atoms with Gasteiger partial charge in [-0.1, -0.05) is 36.4 Å². The number of thioether (sulfide) groups is 1. The van der Waals surface area contributed by atoms with Crippen molar-refractivity contribution in [3.63, 3.8) is 0 Å². The number of aromatic hydroxyl groups is 1. The number of fused-ring (bicyclic) bond motifs is 7. The molecule has 35 heavy (non-hydrogen) atoms. The second kappa shape index (κ2) is 8.49. The molecule has 3 aliphatic heterocycles. The summed E-state index contributed by atoms with van der Waals surface area (Å²) >= 11 is 1.43. The van der Waals surface area contributed by atoms with Crippen molar-refractivity contribution in [2.75, 3.05) is 24.8 Å². The van der Waals surface area contributed by atoms with E-state index in [1.807, 2.05) is 41.4 Å². The fourth-order valence-electron chi connectivity index (χ4n) is 4.98. The third kappa shape index (κ3) is 3.49. The summed E-state index contributed by atoms with van der Waals surface area (Å²) in [5.41, 5.74) is 1.87. The summed E-state index contributed by atoms with van der Waals surface area (Å²) in [5, 5.41) is 12.6. The minimum absolute atomic E-state index is 0.0976. The topological polar surface area (TPSA) is 75.0 Å². The fraction of sp³-hybridized carbons (Fsp3) is 0.231. The molecule has 3 aliphatic rings. The lowest BCUT2D eigenvalue weighted by molar-refractivity contribution is 0.0682. The molecule has 178 valence electrons. The molecule has 2 bridgehead atoms. The average molecular weight is 492 g/mol. The monoisotopic (exact) mass is 491 g/mol. The van der Waals surface area contributed by atoms with Gasteiger partial charge in [-0.25, -0.2) is 4.39 Å². The zero-order valence-corrected chi connectivity index (χ0v) is 19.5. The molecular weight excluding hydrogens is 469 g/mol. The van der Waals surface area contributed by atoms with E-state index in [0.29, 0.717) is 36.0 Å². The first-order valence-corrected chi connectivity index (χ1v) is 12.3. The van der Waals surface area contributed by atoms with Crippen LogP contribution in [-0.2, 0) is 5.75 Å². The standard InChI is InChI=1S/C26H22FN3O4S/c27-18-8-5-7-17-22-21-16(14-35-25(17)18)6-4-9-20(21)34-13-3-1-2-11-28-15-30(22)29-12-10-19(31)24(32)23(29)26(28)33/h1,3-10,12,22,32H,2,11,13-15H2/b3-1-/t22-/m0/s1. The summed E-state index contributed by atoms with van der Waals surface area (Å²) in [6.07, 6.45) is 5.94. The van der Waals surface area contributed by atoms with Gasteiger partial charge in [-0.05, 0) is 29.7 Å². The van der Waals surface area contributed by atoms with Crippen molar-refractivity contribution >= 4 is 17.7 Å². The Morgan fingerprint density at radius 1 is 1.09 bits per heavy atom. The van der Waals surface area contributed by atoms with E-state index in [2.05, 4.69) is 0 Å². The Morgan fingerprint density at radius 2 is 1.94 bits per heavy atom. The van der Waals surface area contributed by atoms with Gasteiger partial charge >= 0.3 is 0 Å². The van der Waals surface area contributed by atoms with E-state index in [0.717, 1.165) is 16.7 Å². The summed E-state index contributed by atoms with van der Waals surface area (Å²) in [7, 11) is 0. The highest BCUT2D eigenvalue weighted by Crippen LogP contribution is 2.47. The highest BCUT2D eigenvalue weighted by atomic mass is 32.2. The Morgan fingerprint density at radius 3 is 2.83 bits per heavy atom. The number of nitrogens with zero attached hydrogens (tertiary/aromatic N) is 3. The van der Waals surface area contributed by atoms with Crippen molar-refractivity contribution in [1.29, 1.82) is 0 Å². The molecule has 4 heterocycles. The molecule has 0 unspecified atom stereocenters. The maximum atomic E-state index is 15.1. The summed E-state index contributed by atoms with van der Waals surface area (Å²) in [6, 6.07) is 11.5. The van der Waals surface area contributed by atoms with Gasteiger partial charge in [0, 0.05) is 35.0 Å². The zero-order valence-electron chi connectivity index (χ0n) is 18.7. The molecule has 0 fully saturated rings. The lowest BCUT2D eigenvalue weighted by Gasteiger charge is -2.44. The van der Waals surface area contributed by atoms with Gasteiger partial charge in [0.1, 0.15) is 30.9 Å². The molecule has 1 aromatic heterocycles. The molecule has 1 amide bonds. The number of pyridine rings is 1. The number of carbonyl (C=O) groups is 1. The van der Waals surface area contributed by atoms with Crippen LogP contribution in [0.15, 0.2) is 70.5 Å². The van der Waals surface area contributed by atoms with E-state index in [4.69, 9.17) is 4.74 Å². The molecule has 0 saturated heterocycles. The van der Waals surface area contributed by atoms with E-state index >= 15 is 4.39 Å². The van der Waals surface area contributed by atoms with Crippen LogP contribution in [0.1, 0.15) is 39.6 Å². The maximum Gasteiger partial charge on any atom is 0.277 e. The second-order valence-electron chi connectivity index (χ2n) is 8.62. The molecule has 0 aliphatic carbocycles. The van der Waals surface area contributed by atoms with Crippen molar-refractivity contribution in [3.8, 4) is 11.5 Å². The van der Waals surface area contributed by atoms with Gasteiger partial charge in [-0.2, -0.15) is 0 Å². The Kier molecular flexibility index (Phi) is 5.29. The lowest BCUT2D eigenvalue weighted by Crippen LogP contribution is -2.55. The van der Waals surface area contributed by atoms with Crippen LogP contribution in [0.25, 0.3) is 0 Å². The van der Waals surface area contributed by atoms with Crippen LogP contribution in [-0.4, -0.2) is 40.4 Å². The van der Waals surface area contributed by atoms with E-state index in [9.17, 15) is 14.7 Å². The average Bonchev–Trinajstić information content (AvgIpc) is 3.02. The number of aromatic nitrogens is 1. The van der Waals surface area contributed by atoms with Crippen LogP contribution in [0.4, 0.5) is 4.39 Å². The predicted octanol–water partition coefficient (Wildman–Crippen LogP) is 3.78. The molecule has 0 spiro atoms. The Bertz CT molecular complexity index is 1440. The van der Waals surface area contributed by atoms with Gasteiger partial charge in [0.2, 0.25) is 5.43 Å². The summed E-state index contributed by atoms with van der Waals surface area (Å²) in [5.74, 6) is -0.113. The molecule has 3 aromatic rings. The first-order chi connectivity index (χ1) is 17.0. The molecule has 1 atom stereocenters. The Labute approximate surface area is 205 Å². The highest BCUT2D eigenvalue weighted by molar-refractivity contribution is 7.98. The van der Waals surface area contributed by atoms with E-state index in [1.165, 1.54) is 34.8 Å². The van der Waals surface area contributed by atoms with Crippen molar-refractivity contribution in [2.24, 2.45) is 0 Å². The molecule has 6 rings (SSSR count). The zero-order chi connectivity index (χ0) is 24.1. The molecule has 0 saturated carbocycles. The Hall–Kier alpha value is -3.72. The molecule has 0 radical (unpaired) electrons. The Balaban J connectivity index is 1.68. The summed E-state index contributed by atoms with van der Waals surface area (Å²) in [4.78, 5) is 27.8. The SMILES string of the molecule is O=C1c2c(O)c(=O)ccn2N2CN1CC/C=C\COc1cccc3c1[C@@H]2c1cccc(F)c1SC3. The predicted molar refractivity (Wildman–Crippen MR) is 130 cm³/mol. The van der Waals surface area contributed by atoms with Crippen molar-refractivity contribution in [2.45, 2.75) is 23.1 Å². The fourth-order valence-corrected chi connectivity index (χ4v) is 6.08. The van der Waals surface area contributed by atoms with Crippen LogP contribution in [0, 0.1) is 5.82 Å². The molecule has 1 N–H and O–H groups in total. The smallest absolute Gasteiger partial charge is 0.277 e. The van der Waals surface area contributed by atoms with Gasteiger partial charge in [0.15, 0.2) is 11.4 Å². The van der Waals surface area contributed by atoms with Crippen LogP contribution in [0.3, 0.4) is 0 Å². The van der Waals surface area contributed by atoms with Crippen molar-refractivity contribution in [1.82, 2.24) is 9.58 Å². The number of amides is 1. The van der Waals surface area contributed by atoms with Gasteiger partial charge in [-0.3, -0.25) is 19.3 Å². The number of hydrogen-bond donors (Lipinski definition) is 1. The van der Waals surface area contributed by atoms with Gasteiger partial charge in [0.25, 0.3) is 5.91 Å². The molecule has 2 aromatic carbocycles. The first-order valence-electron chi connectivity index (χ1n) is 11.4. The number of ether oxygens (including phenoxy) is 1. The number of halogens is 1. The number of hydrogen-bond acceptors (Lipinski definition) is 6. The molecule has 7 nitrogen and oxygen atoms in total. The van der Waals surface area contributed by atoms with E-state index in [1.54, 1.807) is 11.0 Å². The summed E-state index contributed by atoms with van der Waals surface area (Å²) in [6.45, 7) is 0.936. The van der Waals surface area contributed by atoms with Crippen LogP contribution < -0.4 is 15.2 Å². The van der Waals surface area contributed by atoms with Gasteiger partial charge in [0.05, 0.1) is 0 Å². The van der Waals surface area contributed by atoms with E-state index in [-0.39, 0.29) is 18.2 Å². The quantitative estimate of drug-likeness (QED) is 0.483. The minimum atomic E-state index is -0.625. The highest BCUT2D eigenvalue weighted by Gasteiger charge is 2.40. The minimum Gasteiger partial charge on any atom is -0.502 e. The summed E-state index contributed by atoms with van der Waals surface area (Å²) < 4.78 is 22.8. The third-order valence-corrected chi connectivity index (χ3v) is 7.77. The second-order valence-corrected chi connectivity index (χ2v) is 9.61. The maximum absolute atomic E-state index is 15.1. The third-order valence-electron chi connectivity index (χ3n) is 6.60. The first kappa shape index (κ1) is 21.8. The van der Waals surface area contributed by atoms with Crippen LogP contribution in [0.5, 0.6) is 11.5 Å². The number of carbonyl (C=O) groups excluding carboxylic acids is 1. The van der Waals surface area contributed by atoms with Crippen LogP contribution >= 0.6 is 11.8 Å².